The van der Waals surface area contributed by atoms with Gasteiger partial charge in [0.1, 0.15) is 0 Å². The fourth-order valence-corrected chi connectivity index (χ4v) is 2.27. The molecule has 1 fully saturated rings. The number of morpholine rings is 1. The van der Waals surface area contributed by atoms with Crippen LogP contribution in [0.25, 0.3) is 0 Å². The summed E-state index contributed by atoms with van der Waals surface area (Å²) in [5, 5.41) is 3.30. The molecule has 0 amide bonds. The molecule has 0 aromatic heterocycles. The number of benzene rings is 1. The highest BCUT2D eigenvalue weighted by atomic mass is 79.9. The number of carbonyl (C=O) groups excluding carboxylic acids is 1. The molecule has 1 aromatic rings. The Kier molecular flexibility index (Phi) is 4.92. The molecule has 1 heterocycles. The van der Waals surface area contributed by atoms with Crippen LogP contribution in [0.4, 0.5) is 0 Å². The number of Topliss-reactive ketones (excluding diaryl/α,β-unsaturated/α-hetero) is 1. The van der Waals surface area contributed by atoms with Crippen LogP contribution in [-0.4, -0.2) is 30.3 Å². The molecule has 1 aliphatic rings. The lowest BCUT2D eigenvalue weighted by Gasteiger charge is -2.24. The SMILES string of the molecule is CCC(Br)C(=O)c1ccc(C2CNCCO2)cc1. The van der Waals surface area contributed by atoms with Crippen molar-refractivity contribution in [2.24, 2.45) is 0 Å². The van der Waals surface area contributed by atoms with Crippen LogP contribution in [0, 0.1) is 0 Å². The summed E-state index contributed by atoms with van der Waals surface area (Å²) in [6.07, 6.45) is 0.907. The summed E-state index contributed by atoms with van der Waals surface area (Å²) in [4.78, 5) is 11.9. The third-order valence-electron chi connectivity index (χ3n) is 3.14. The van der Waals surface area contributed by atoms with Gasteiger partial charge in [0.2, 0.25) is 0 Å². The van der Waals surface area contributed by atoms with E-state index in [1.807, 2.05) is 31.2 Å². The smallest absolute Gasteiger partial charge is 0.176 e. The third kappa shape index (κ3) is 3.19. The van der Waals surface area contributed by atoms with E-state index < -0.39 is 0 Å². The van der Waals surface area contributed by atoms with Crippen molar-refractivity contribution >= 4 is 21.7 Å². The molecule has 4 heteroatoms. The van der Waals surface area contributed by atoms with E-state index in [9.17, 15) is 4.79 Å². The molecule has 0 radical (unpaired) electrons. The van der Waals surface area contributed by atoms with E-state index in [4.69, 9.17) is 4.74 Å². The van der Waals surface area contributed by atoms with Crippen LogP contribution in [0.2, 0.25) is 0 Å². The minimum atomic E-state index is -0.0871. The first-order valence-corrected chi connectivity index (χ1v) is 7.24. The zero-order valence-corrected chi connectivity index (χ0v) is 12.1. The maximum Gasteiger partial charge on any atom is 0.176 e. The summed E-state index contributed by atoms with van der Waals surface area (Å²) in [5.41, 5.74) is 1.88. The second kappa shape index (κ2) is 6.45. The van der Waals surface area contributed by atoms with Crippen LogP contribution < -0.4 is 5.32 Å². The average Bonchev–Trinajstić information content (AvgIpc) is 2.47. The van der Waals surface area contributed by atoms with Crippen molar-refractivity contribution in [2.75, 3.05) is 19.7 Å². The summed E-state index contributed by atoms with van der Waals surface area (Å²) in [6, 6.07) is 7.75. The van der Waals surface area contributed by atoms with E-state index in [0.29, 0.717) is 0 Å². The molecule has 2 rings (SSSR count). The number of ketones is 1. The van der Waals surface area contributed by atoms with Gasteiger partial charge in [-0.05, 0) is 12.0 Å². The van der Waals surface area contributed by atoms with Gasteiger partial charge in [-0.25, -0.2) is 0 Å². The van der Waals surface area contributed by atoms with Crippen LogP contribution in [-0.2, 0) is 4.74 Å². The Morgan fingerprint density at radius 1 is 1.50 bits per heavy atom. The van der Waals surface area contributed by atoms with E-state index in [2.05, 4.69) is 21.2 Å². The first-order chi connectivity index (χ1) is 8.72. The Balaban J connectivity index is 2.07. The summed E-state index contributed by atoms with van der Waals surface area (Å²) >= 11 is 3.39. The second-order valence-corrected chi connectivity index (χ2v) is 5.53. The van der Waals surface area contributed by atoms with Crippen LogP contribution in [0.3, 0.4) is 0 Å². The minimum Gasteiger partial charge on any atom is -0.371 e. The van der Waals surface area contributed by atoms with Crippen molar-refractivity contribution in [1.29, 1.82) is 0 Å². The number of rotatable bonds is 4. The molecule has 1 aromatic carbocycles. The van der Waals surface area contributed by atoms with Crippen LogP contribution in [0.5, 0.6) is 0 Å². The van der Waals surface area contributed by atoms with E-state index in [1.54, 1.807) is 0 Å². The quantitative estimate of drug-likeness (QED) is 0.686. The molecule has 18 heavy (non-hydrogen) atoms. The number of carbonyl (C=O) groups is 1. The van der Waals surface area contributed by atoms with Gasteiger partial charge in [-0.15, -0.1) is 0 Å². The highest BCUT2D eigenvalue weighted by Crippen LogP contribution is 2.20. The average molecular weight is 312 g/mol. The predicted octanol–water partition coefficient (Wildman–Crippen LogP) is 2.70. The van der Waals surface area contributed by atoms with Gasteiger partial charge in [0.05, 0.1) is 17.5 Å². The van der Waals surface area contributed by atoms with E-state index in [-0.39, 0.29) is 16.7 Å². The van der Waals surface area contributed by atoms with E-state index in [1.165, 1.54) is 0 Å². The molecule has 0 saturated carbocycles. The molecular formula is C14H18BrNO2. The van der Waals surface area contributed by atoms with Crippen LogP contribution in [0.15, 0.2) is 24.3 Å². The summed E-state index contributed by atoms with van der Waals surface area (Å²) in [7, 11) is 0. The fraction of sp³-hybridized carbons (Fsp3) is 0.500. The summed E-state index contributed by atoms with van der Waals surface area (Å²) in [6.45, 7) is 4.48. The molecule has 2 unspecified atom stereocenters. The number of alkyl halides is 1. The number of hydrogen-bond donors (Lipinski definition) is 1. The zero-order valence-electron chi connectivity index (χ0n) is 10.5. The van der Waals surface area contributed by atoms with Crippen LogP contribution in [0.1, 0.15) is 35.4 Å². The fourth-order valence-electron chi connectivity index (χ4n) is 2.01. The van der Waals surface area contributed by atoms with Gasteiger partial charge in [0.15, 0.2) is 5.78 Å². The Labute approximate surface area is 116 Å². The van der Waals surface area contributed by atoms with Crippen molar-refractivity contribution in [1.82, 2.24) is 5.32 Å². The number of halogens is 1. The number of nitrogens with one attached hydrogen (secondary N) is 1. The third-order valence-corrected chi connectivity index (χ3v) is 4.20. The van der Waals surface area contributed by atoms with Crippen molar-refractivity contribution in [3.05, 3.63) is 35.4 Å². The van der Waals surface area contributed by atoms with Crippen molar-refractivity contribution in [3.63, 3.8) is 0 Å². The van der Waals surface area contributed by atoms with Crippen molar-refractivity contribution in [3.8, 4) is 0 Å². The molecular weight excluding hydrogens is 294 g/mol. The lowest BCUT2D eigenvalue weighted by atomic mass is 10.0. The van der Waals surface area contributed by atoms with Crippen molar-refractivity contribution in [2.45, 2.75) is 24.3 Å². The molecule has 1 aliphatic heterocycles. The second-order valence-electron chi connectivity index (χ2n) is 4.43. The zero-order chi connectivity index (χ0) is 13.0. The molecule has 1 saturated heterocycles. The largest absolute Gasteiger partial charge is 0.371 e. The van der Waals surface area contributed by atoms with Crippen molar-refractivity contribution < 1.29 is 9.53 Å². The molecule has 0 aliphatic carbocycles. The van der Waals surface area contributed by atoms with Crippen LogP contribution >= 0.6 is 15.9 Å². The first kappa shape index (κ1) is 13.7. The monoisotopic (exact) mass is 311 g/mol. The predicted molar refractivity (Wildman–Crippen MR) is 75.3 cm³/mol. The van der Waals surface area contributed by atoms with Gasteiger partial charge < -0.3 is 10.1 Å². The van der Waals surface area contributed by atoms with E-state index in [0.717, 1.165) is 37.2 Å². The summed E-state index contributed by atoms with van der Waals surface area (Å²) in [5.74, 6) is 0.145. The van der Waals surface area contributed by atoms with Gasteiger partial charge in [0.25, 0.3) is 0 Å². The van der Waals surface area contributed by atoms with Gasteiger partial charge in [0, 0.05) is 18.7 Å². The Bertz CT molecular complexity index is 399. The molecule has 2 atom stereocenters. The normalized spacial score (nSPS) is 21.6. The molecule has 1 N–H and O–H groups in total. The molecule has 0 spiro atoms. The number of ether oxygens (including phenoxy) is 1. The molecule has 98 valence electrons. The standard InChI is InChI=1S/C14H18BrNO2/c1-2-12(15)14(17)11-5-3-10(4-6-11)13-9-16-7-8-18-13/h3-6,12-13,16H,2,7-9H2,1H3. The van der Waals surface area contributed by atoms with Gasteiger partial charge in [-0.3, -0.25) is 4.79 Å². The minimum absolute atomic E-state index is 0.0871. The van der Waals surface area contributed by atoms with Gasteiger partial charge >= 0.3 is 0 Å². The van der Waals surface area contributed by atoms with Gasteiger partial charge in [-0.1, -0.05) is 47.1 Å². The maximum absolute atomic E-state index is 12.0. The topological polar surface area (TPSA) is 38.3 Å². The Morgan fingerprint density at radius 3 is 2.78 bits per heavy atom. The van der Waals surface area contributed by atoms with Gasteiger partial charge in [-0.2, -0.15) is 0 Å². The number of hydrogen-bond acceptors (Lipinski definition) is 3. The highest BCUT2D eigenvalue weighted by molar-refractivity contribution is 9.10. The maximum atomic E-state index is 12.0. The molecule has 0 bridgehead atoms. The lowest BCUT2D eigenvalue weighted by molar-refractivity contribution is 0.0277. The summed E-state index contributed by atoms with van der Waals surface area (Å²) < 4.78 is 5.68. The lowest BCUT2D eigenvalue weighted by Crippen LogP contribution is -2.33. The Morgan fingerprint density at radius 2 is 2.22 bits per heavy atom. The Hall–Kier alpha value is -0.710. The van der Waals surface area contributed by atoms with E-state index >= 15 is 0 Å². The first-order valence-electron chi connectivity index (χ1n) is 6.33. The molecule has 3 nitrogen and oxygen atoms in total. The highest BCUT2D eigenvalue weighted by Gasteiger charge is 2.18.